The number of carbonyl (C=O) groups is 1. The average Bonchev–Trinajstić information content (AvgIpc) is 2.40. The molecule has 1 aliphatic carbocycles. The maximum absolute atomic E-state index is 10.4. The van der Waals surface area contributed by atoms with E-state index in [0.717, 1.165) is 19.5 Å². The van der Waals surface area contributed by atoms with Gasteiger partial charge in [0, 0.05) is 0 Å². The molecule has 1 saturated heterocycles. The summed E-state index contributed by atoms with van der Waals surface area (Å²) in [6.45, 7) is 2.07. The minimum atomic E-state index is -0.600. The summed E-state index contributed by atoms with van der Waals surface area (Å²) in [5, 5.41) is 11.7. The van der Waals surface area contributed by atoms with Crippen LogP contribution in [0.3, 0.4) is 0 Å². The second-order valence-electron chi connectivity index (χ2n) is 3.26. The van der Waals surface area contributed by atoms with Gasteiger partial charge in [0.25, 0.3) is 0 Å². The summed E-state index contributed by atoms with van der Waals surface area (Å²) < 4.78 is 0. The minimum Gasteiger partial charge on any atom is -0.481 e. The molecule has 3 nitrogen and oxygen atoms in total. The van der Waals surface area contributed by atoms with Crippen molar-refractivity contribution in [2.45, 2.75) is 6.42 Å². The van der Waals surface area contributed by atoms with Gasteiger partial charge in [0.1, 0.15) is 0 Å². The van der Waals surface area contributed by atoms with Gasteiger partial charge in [0.2, 0.25) is 0 Å². The Morgan fingerprint density at radius 1 is 1.50 bits per heavy atom. The molecule has 0 radical (unpaired) electrons. The Kier molecular flexibility index (Phi) is 1.20. The van der Waals surface area contributed by atoms with Crippen molar-refractivity contribution >= 4 is 5.97 Å². The summed E-state index contributed by atoms with van der Waals surface area (Å²) in [6.07, 6.45) is 0.918. The predicted molar refractivity (Wildman–Crippen MR) is 35.6 cm³/mol. The van der Waals surface area contributed by atoms with Gasteiger partial charge in [0.15, 0.2) is 0 Å². The fourth-order valence-electron chi connectivity index (χ4n) is 1.63. The number of aliphatic carboxylic acids is 1. The van der Waals surface area contributed by atoms with Crippen LogP contribution in [0.1, 0.15) is 6.42 Å². The highest BCUT2D eigenvalue weighted by Gasteiger charge is 2.49. The first-order valence-corrected chi connectivity index (χ1v) is 3.72. The fourth-order valence-corrected chi connectivity index (χ4v) is 1.63. The monoisotopic (exact) mass is 141 g/mol. The predicted octanol–water partition coefficient (Wildman–Crippen LogP) is -0.0735. The largest absolute Gasteiger partial charge is 0.481 e. The average molecular weight is 141 g/mol. The molecule has 0 aromatic carbocycles. The first-order chi connectivity index (χ1) is 4.79. The molecule has 0 spiro atoms. The van der Waals surface area contributed by atoms with E-state index in [9.17, 15) is 4.79 Å². The first-order valence-electron chi connectivity index (χ1n) is 3.72. The lowest BCUT2D eigenvalue weighted by atomic mass is 9.96. The highest BCUT2D eigenvalue weighted by Crippen LogP contribution is 2.45. The van der Waals surface area contributed by atoms with Crippen molar-refractivity contribution in [2.24, 2.45) is 17.8 Å². The van der Waals surface area contributed by atoms with Crippen LogP contribution in [0.15, 0.2) is 0 Å². The maximum Gasteiger partial charge on any atom is 0.306 e. The molecule has 0 amide bonds. The summed E-state index contributed by atoms with van der Waals surface area (Å²) >= 11 is 0. The molecule has 56 valence electrons. The standard InChI is InChI=1S/C7H11NO2/c9-7(10)6-1-5(6)4-2-8-3-4/h4-6,8H,1-3H2,(H,9,10). The fraction of sp³-hybridized carbons (Fsp3) is 0.857. The van der Waals surface area contributed by atoms with Gasteiger partial charge in [-0.2, -0.15) is 0 Å². The number of rotatable bonds is 2. The quantitative estimate of drug-likeness (QED) is 0.565. The van der Waals surface area contributed by atoms with Gasteiger partial charge in [-0.3, -0.25) is 4.79 Å². The van der Waals surface area contributed by atoms with Gasteiger partial charge in [-0.25, -0.2) is 0 Å². The molecule has 1 saturated carbocycles. The Bertz CT molecular complexity index is 165. The van der Waals surface area contributed by atoms with E-state index in [0.29, 0.717) is 11.8 Å². The van der Waals surface area contributed by atoms with Crippen molar-refractivity contribution < 1.29 is 9.90 Å². The number of hydrogen-bond acceptors (Lipinski definition) is 2. The third-order valence-corrected chi connectivity index (χ3v) is 2.58. The van der Waals surface area contributed by atoms with Crippen LogP contribution >= 0.6 is 0 Å². The minimum absolute atomic E-state index is 0.00731. The number of hydrogen-bond donors (Lipinski definition) is 2. The second-order valence-corrected chi connectivity index (χ2v) is 3.26. The smallest absolute Gasteiger partial charge is 0.306 e. The summed E-state index contributed by atoms with van der Waals surface area (Å²) in [6, 6.07) is 0. The molecule has 0 aromatic rings. The van der Waals surface area contributed by atoms with Crippen LogP contribution in [-0.4, -0.2) is 24.2 Å². The Hall–Kier alpha value is -0.570. The van der Waals surface area contributed by atoms with Crippen molar-refractivity contribution in [3.63, 3.8) is 0 Å². The van der Waals surface area contributed by atoms with Crippen molar-refractivity contribution in [2.75, 3.05) is 13.1 Å². The van der Waals surface area contributed by atoms with Crippen LogP contribution in [-0.2, 0) is 4.79 Å². The molecule has 2 fully saturated rings. The summed E-state index contributed by atoms with van der Waals surface area (Å²) in [5.74, 6) is 0.559. The second kappa shape index (κ2) is 1.95. The first kappa shape index (κ1) is 6.16. The zero-order valence-corrected chi connectivity index (χ0v) is 5.71. The molecule has 0 aromatic heterocycles. The maximum atomic E-state index is 10.4. The lowest BCUT2D eigenvalue weighted by molar-refractivity contribution is -0.139. The van der Waals surface area contributed by atoms with Crippen LogP contribution in [0.4, 0.5) is 0 Å². The van der Waals surface area contributed by atoms with E-state index in [2.05, 4.69) is 5.32 Å². The molecule has 2 rings (SSSR count). The van der Waals surface area contributed by atoms with E-state index in [1.165, 1.54) is 0 Å². The van der Waals surface area contributed by atoms with Crippen LogP contribution < -0.4 is 5.32 Å². The van der Waals surface area contributed by atoms with Gasteiger partial charge in [-0.15, -0.1) is 0 Å². The molecule has 1 aliphatic heterocycles. The van der Waals surface area contributed by atoms with Crippen molar-refractivity contribution in [3.8, 4) is 0 Å². The topological polar surface area (TPSA) is 49.3 Å². The Morgan fingerprint density at radius 2 is 2.20 bits per heavy atom. The van der Waals surface area contributed by atoms with E-state index in [1.807, 2.05) is 0 Å². The van der Waals surface area contributed by atoms with Crippen molar-refractivity contribution in [3.05, 3.63) is 0 Å². The lowest BCUT2D eigenvalue weighted by Crippen LogP contribution is -2.43. The summed E-state index contributed by atoms with van der Waals surface area (Å²) in [5.41, 5.74) is 0. The molecule has 2 N–H and O–H groups in total. The third kappa shape index (κ3) is 0.814. The normalized spacial score (nSPS) is 38.8. The van der Waals surface area contributed by atoms with E-state index in [1.54, 1.807) is 0 Å². The molecule has 10 heavy (non-hydrogen) atoms. The lowest BCUT2D eigenvalue weighted by Gasteiger charge is -2.26. The number of nitrogens with one attached hydrogen (secondary N) is 1. The molecule has 1 heterocycles. The zero-order valence-electron chi connectivity index (χ0n) is 5.71. The Balaban J connectivity index is 1.83. The van der Waals surface area contributed by atoms with E-state index >= 15 is 0 Å². The number of carboxylic acids is 1. The van der Waals surface area contributed by atoms with Crippen molar-refractivity contribution in [1.29, 1.82) is 0 Å². The third-order valence-electron chi connectivity index (χ3n) is 2.58. The Morgan fingerprint density at radius 3 is 2.50 bits per heavy atom. The summed E-state index contributed by atoms with van der Waals surface area (Å²) in [4.78, 5) is 10.4. The van der Waals surface area contributed by atoms with E-state index in [4.69, 9.17) is 5.11 Å². The van der Waals surface area contributed by atoms with Crippen LogP contribution in [0, 0.1) is 17.8 Å². The number of carboxylic acid groups (broad SMARTS) is 1. The molecule has 2 unspecified atom stereocenters. The summed E-state index contributed by atoms with van der Waals surface area (Å²) in [7, 11) is 0. The van der Waals surface area contributed by atoms with Crippen LogP contribution in [0.2, 0.25) is 0 Å². The zero-order chi connectivity index (χ0) is 7.14. The SMILES string of the molecule is O=C(O)C1CC1C1CNC1. The van der Waals surface area contributed by atoms with Gasteiger partial charge in [0.05, 0.1) is 5.92 Å². The highest BCUT2D eigenvalue weighted by molar-refractivity contribution is 5.73. The van der Waals surface area contributed by atoms with Crippen LogP contribution in [0.25, 0.3) is 0 Å². The highest BCUT2D eigenvalue weighted by atomic mass is 16.4. The van der Waals surface area contributed by atoms with E-state index < -0.39 is 5.97 Å². The molecule has 2 atom stereocenters. The van der Waals surface area contributed by atoms with Gasteiger partial charge in [-0.1, -0.05) is 0 Å². The molecular weight excluding hydrogens is 130 g/mol. The molecule has 3 heteroatoms. The van der Waals surface area contributed by atoms with Gasteiger partial charge < -0.3 is 10.4 Å². The van der Waals surface area contributed by atoms with E-state index in [-0.39, 0.29) is 5.92 Å². The molecular formula is C7H11NO2. The molecule has 0 bridgehead atoms. The Labute approximate surface area is 59.4 Å². The van der Waals surface area contributed by atoms with Gasteiger partial charge in [-0.05, 0) is 31.3 Å². The van der Waals surface area contributed by atoms with Crippen LogP contribution in [0.5, 0.6) is 0 Å². The van der Waals surface area contributed by atoms with Gasteiger partial charge >= 0.3 is 5.97 Å². The molecule has 2 aliphatic rings. The van der Waals surface area contributed by atoms with Crippen molar-refractivity contribution in [1.82, 2.24) is 5.32 Å².